The number of halogens is 3. The molecule has 4 rings (SSSR count). The summed E-state index contributed by atoms with van der Waals surface area (Å²) in [6.45, 7) is 0.0805. The second kappa shape index (κ2) is 11.2. The molecule has 1 aliphatic rings. The number of aryl methyl sites for hydroxylation is 2. The van der Waals surface area contributed by atoms with Gasteiger partial charge in [-0.25, -0.2) is 0 Å². The molecule has 0 bridgehead atoms. The van der Waals surface area contributed by atoms with Crippen LogP contribution in [0.5, 0.6) is 5.75 Å². The SMILES string of the molecule is O=CC(Oc1ccc(CC=NOCc2ccc(C(F)(F)F)cc2)cc1)c1ccc2c(c1)CCCC2. The largest absolute Gasteiger partial charge is 0.478 e. The minimum absolute atomic E-state index is 0.0805. The molecule has 0 aliphatic heterocycles. The van der Waals surface area contributed by atoms with Crippen LogP contribution in [-0.4, -0.2) is 12.5 Å². The van der Waals surface area contributed by atoms with E-state index in [1.54, 1.807) is 18.3 Å². The van der Waals surface area contributed by atoms with Crippen molar-refractivity contribution in [1.82, 2.24) is 0 Å². The fraction of sp³-hybridized carbons (Fsp3) is 0.286. The molecule has 3 aromatic rings. The van der Waals surface area contributed by atoms with E-state index in [1.165, 1.54) is 36.1 Å². The van der Waals surface area contributed by atoms with Gasteiger partial charge in [0.2, 0.25) is 0 Å². The summed E-state index contributed by atoms with van der Waals surface area (Å²) in [4.78, 5) is 16.9. The Morgan fingerprint density at radius 1 is 0.886 bits per heavy atom. The standard InChI is InChI=1S/C28H26F3NO3/c29-28(30,31)25-11-5-21(6-12-25)19-34-32-16-15-20-7-13-26(14-8-20)35-27(18-33)24-10-9-22-3-1-2-4-23(22)17-24/h5-14,16-18,27H,1-4,15,19H2. The second-order valence-electron chi connectivity index (χ2n) is 8.51. The van der Waals surface area contributed by atoms with Gasteiger partial charge in [0, 0.05) is 12.6 Å². The van der Waals surface area contributed by atoms with Crippen molar-refractivity contribution in [1.29, 1.82) is 0 Å². The van der Waals surface area contributed by atoms with Gasteiger partial charge in [0.15, 0.2) is 12.4 Å². The molecule has 0 radical (unpaired) electrons. The van der Waals surface area contributed by atoms with Crippen molar-refractivity contribution in [3.05, 3.63) is 100 Å². The van der Waals surface area contributed by atoms with Crippen LogP contribution in [0.25, 0.3) is 0 Å². The van der Waals surface area contributed by atoms with Crippen LogP contribution in [0, 0.1) is 0 Å². The topological polar surface area (TPSA) is 47.9 Å². The number of oxime groups is 1. The molecule has 0 amide bonds. The molecule has 1 unspecified atom stereocenters. The number of hydrogen-bond donors (Lipinski definition) is 0. The predicted molar refractivity (Wildman–Crippen MR) is 127 cm³/mol. The Morgan fingerprint density at radius 2 is 1.57 bits per heavy atom. The van der Waals surface area contributed by atoms with Crippen LogP contribution in [0.15, 0.2) is 71.9 Å². The van der Waals surface area contributed by atoms with Crippen LogP contribution in [0.3, 0.4) is 0 Å². The van der Waals surface area contributed by atoms with Gasteiger partial charge in [0.05, 0.1) is 5.56 Å². The molecule has 1 atom stereocenters. The third kappa shape index (κ3) is 6.72. The molecule has 35 heavy (non-hydrogen) atoms. The first-order valence-corrected chi connectivity index (χ1v) is 11.5. The van der Waals surface area contributed by atoms with Crippen molar-refractivity contribution in [3.63, 3.8) is 0 Å². The Balaban J connectivity index is 1.26. The van der Waals surface area contributed by atoms with E-state index >= 15 is 0 Å². The Kier molecular flexibility index (Phi) is 7.85. The summed E-state index contributed by atoms with van der Waals surface area (Å²) in [6, 6.07) is 18.3. The normalized spacial score (nSPS) is 14.4. The zero-order valence-electron chi connectivity index (χ0n) is 19.1. The molecule has 7 heteroatoms. The van der Waals surface area contributed by atoms with Crippen molar-refractivity contribution in [2.45, 2.75) is 51.0 Å². The number of carbonyl (C=O) groups excluding carboxylic acids is 1. The molecule has 0 spiro atoms. The second-order valence-corrected chi connectivity index (χ2v) is 8.51. The van der Waals surface area contributed by atoms with Gasteiger partial charge in [0.1, 0.15) is 12.4 Å². The number of benzene rings is 3. The van der Waals surface area contributed by atoms with E-state index in [-0.39, 0.29) is 6.61 Å². The van der Waals surface area contributed by atoms with E-state index in [0.717, 1.165) is 42.4 Å². The molecule has 0 saturated carbocycles. The highest BCUT2D eigenvalue weighted by Crippen LogP contribution is 2.29. The minimum atomic E-state index is -4.35. The highest BCUT2D eigenvalue weighted by molar-refractivity contribution is 5.62. The number of carbonyl (C=O) groups is 1. The van der Waals surface area contributed by atoms with Crippen LogP contribution in [0.2, 0.25) is 0 Å². The van der Waals surface area contributed by atoms with Crippen LogP contribution >= 0.6 is 0 Å². The Labute approximate surface area is 202 Å². The molecule has 0 saturated heterocycles. The first-order chi connectivity index (χ1) is 16.9. The number of alkyl halides is 3. The monoisotopic (exact) mass is 481 g/mol. The van der Waals surface area contributed by atoms with E-state index in [2.05, 4.69) is 17.3 Å². The van der Waals surface area contributed by atoms with E-state index < -0.39 is 17.8 Å². The van der Waals surface area contributed by atoms with E-state index in [1.807, 2.05) is 18.2 Å². The molecule has 0 fully saturated rings. The van der Waals surface area contributed by atoms with Crippen molar-refractivity contribution in [2.24, 2.45) is 5.16 Å². The number of hydrogen-bond acceptors (Lipinski definition) is 4. The average molecular weight is 482 g/mol. The predicted octanol–water partition coefficient (Wildman–Crippen LogP) is 6.65. The highest BCUT2D eigenvalue weighted by atomic mass is 19.4. The van der Waals surface area contributed by atoms with Crippen LogP contribution < -0.4 is 4.74 Å². The van der Waals surface area contributed by atoms with Gasteiger partial charge in [-0.3, -0.25) is 4.79 Å². The summed E-state index contributed by atoms with van der Waals surface area (Å²) in [5.41, 5.74) is 4.40. The molecule has 0 heterocycles. The third-order valence-electron chi connectivity index (χ3n) is 6.00. The quantitative estimate of drug-likeness (QED) is 0.195. The van der Waals surface area contributed by atoms with Crippen molar-refractivity contribution >= 4 is 12.5 Å². The third-order valence-corrected chi connectivity index (χ3v) is 6.00. The van der Waals surface area contributed by atoms with Gasteiger partial charge in [-0.05, 0) is 77.8 Å². The lowest BCUT2D eigenvalue weighted by molar-refractivity contribution is -0.137. The fourth-order valence-electron chi connectivity index (χ4n) is 4.05. The summed E-state index contributed by atoms with van der Waals surface area (Å²) >= 11 is 0. The lowest BCUT2D eigenvalue weighted by Crippen LogP contribution is -2.11. The number of rotatable bonds is 9. The van der Waals surface area contributed by atoms with Crippen LogP contribution in [0.1, 0.15) is 52.3 Å². The molecule has 0 aromatic heterocycles. The summed E-state index contributed by atoms with van der Waals surface area (Å²) in [7, 11) is 0. The number of ether oxygens (including phenoxy) is 1. The summed E-state index contributed by atoms with van der Waals surface area (Å²) in [6.07, 6.45) is 2.42. The van der Waals surface area contributed by atoms with Crippen LogP contribution in [-0.2, 0) is 41.7 Å². The van der Waals surface area contributed by atoms with E-state index in [4.69, 9.17) is 9.57 Å². The van der Waals surface area contributed by atoms with Crippen molar-refractivity contribution in [3.8, 4) is 5.75 Å². The van der Waals surface area contributed by atoms with Gasteiger partial charge in [0.25, 0.3) is 0 Å². The molecule has 182 valence electrons. The molecular weight excluding hydrogens is 455 g/mol. The Hall–Kier alpha value is -3.61. The maximum atomic E-state index is 12.6. The molecule has 3 aromatic carbocycles. The first-order valence-electron chi connectivity index (χ1n) is 11.5. The highest BCUT2D eigenvalue weighted by Gasteiger charge is 2.29. The molecule has 4 nitrogen and oxygen atoms in total. The van der Waals surface area contributed by atoms with Crippen molar-refractivity contribution < 1.29 is 27.5 Å². The van der Waals surface area contributed by atoms with Crippen molar-refractivity contribution in [2.75, 3.05) is 0 Å². The van der Waals surface area contributed by atoms with Gasteiger partial charge in [-0.1, -0.05) is 47.6 Å². The lowest BCUT2D eigenvalue weighted by atomic mass is 9.89. The first kappa shape index (κ1) is 24.5. The molecular formula is C28H26F3NO3. The summed E-state index contributed by atoms with van der Waals surface area (Å²) in [5, 5.41) is 3.87. The van der Waals surface area contributed by atoms with Crippen LogP contribution in [0.4, 0.5) is 13.2 Å². The maximum absolute atomic E-state index is 12.6. The number of aldehydes is 1. The van der Waals surface area contributed by atoms with Gasteiger partial charge >= 0.3 is 6.18 Å². The average Bonchev–Trinajstić information content (AvgIpc) is 2.87. The number of fused-ring (bicyclic) bond motifs is 1. The van der Waals surface area contributed by atoms with Gasteiger partial charge in [-0.15, -0.1) is 0 Å². The summed E-state index contributed by atoms with van der Waals surface area (Å²) < 4.78 is 43.7. The molecule has 1 aliphatic carbocycles. The summed E-state index contributed by atoms with van der Waals surface area (Å²) in [5.74, 6) is 0.596. The fourth-order valence-corrected chi connectivity index (χ4v) is 4.05. The zero-order valence-corrected chi connectivity index (χ0v) is 19.1. The molecule has 0 N–H and O–H groups in total. The Bertz CT molecular complexity index is 1160. The maximum Gasteiger partial charge on any atom is 0.416 e. The minimum Gasteiger partial charge on any atom is -0.478 e. The lowest BCUT2D eigenvalue weighted by Gasteiger charge is -2.19. The smallest absolute Gasteiger partial charge is 0.416 e. The number of nitrogens with zero attached hydrogens (tertiary/aromatic N) is 1. The van der Waals surface area contributed by atoms with Gasteiger partial charge in [-0.2, -0.15) is 13.2 Å². The zero-order chi connectivity index (χ0) is 24.7. The van der Waals surface area contributed by atoms with Gasteiger partial charge < -0.3 is 9.57 Å². The van der Waals surface area contributed by atoms with E-state index in [0.29, 0.717) is 17.7 Å². The van der Waals surface area contributed by atoms with E-state index in [9.17, 15) is 18.0 Å². The Morgan fingerprint density at radius 3 is 2.26 bits per heavy atom.